The first-order chi connectivity index (χ1) is 8.20. The molecule has 2 N–H and O–H groups in total. The Hall–Kier alpha value is -1.02. The van der Waals surface area contributed by atoms with Gasteiger partial charge < -0.3 is 5.32 Å². The van der Waals surface area contributed by atoms with Crippen molar-refractivity contribution in [1.29, 1.82) is 5.41 Å². The van der Waals surface area contributed by atoms with Crippen LogP contribution >= 0.6 is 27.3 Å². The lowest BCUT2D eigenvalue weighted by Gasteiger charge is -2.44. The van der Waals surface area contributed by atoms with Gasteiger partial charge in [-0.3, -0.25) is 15.1 Å². The predicted molar refractivity (Wildman–Crippen MR) is 68.0 cm³/mol. The molecule has 1 aromatic heterocycles. The Labute approximate surface area is 115 Å². The molecule has 2 heterocycles. The van der Waals surface area contributed by atoms with Gasteiger partial charge in [-0.2, -0.15) is 8.78 Å². The molecule has 0 saturated carbocycles. The molecule has 1 saturated heterocycles. The molecular formula is C10H10BrF2N3OS. The zero-order valence-corrected chi connectivity index (χ0v) is 12.0. The lowest BCUT2D eigenvalue weighted by molar-refractivity contribution is -0.169. The maximum absolute atomic E-state index is 14.2. The Bertz CT molecular complexity index is 533. The van der Waals surface area contributed by atoms with E-state index in [0.29, 0.717) is 14.2 Å². The van der Waals surface area contributed by atoms with Crippen LogP contribution in [-0.4, -0.2) is 29.7 Å². The summed E-state index contributed by atoms with van der Waals surface area (Å²) in [6.07, 6.45) is 0. The van der Waals surface area contributed by atoms with Gasteiger partial charge in [0.1, 0.15) is 5.54 Å². The van der Waals surface area contributed by atoms with E-state index in [1.165, 1.54) is 13.0 Å². The molecule has 8 heteroatoms. The van der Waals surface area contributed by atoms with Crippen molar-refractivity contribution in [3.05, 3.63) is 20.8 Å². The van der Waals surface area contributed by atoms with Gasteiger partial charge in [-0.05, 0) is 28.9 Å². The summed E-state index contributed by atoms with van der Waals surface area (Å²) in [5.41, 5.74) is -1.90. The number of alkyl halides is 2. The Morgan fingerprint density at radius 1 is 1.56 bits per heavy atom. The standard InChI is InChI=1S/C10H10BrF2N3OS/c1-9(6-3-5(11)4-18-6)10(12,13)7(17)16(2)8(14)15-9/h3-4H,1-2H3,(H2,14,15)/t9-/m1/s1. The maximum Gasteiger partial charge on any atom is 0.352 e. The average molecular weight is 338 g/mol. The maximum atomic E-state index is 14.2. The van der Waals surface area contributed by atoms with Crippen LogP contribution in [0.25, 0.3) is 0 Å². The van der Waals surface area contributed by atoms with E-state index in [-0.39, 0.29) is 5.96 Å². The molecule has 0 unspecified atom stereocenters. The molecule has 1 aliphatic heterocycles. The van der Waals surface area contributed by atoms with Crippen LogP contribution in [0.3, 0.4) is 0 Å². The number of nitrogens with zero attached hydrogens (tertiary/aromatic N) is 1. The third-order valence-electron chi connectivity index (χ3n) is 2.97. The molecule has 1 aliphatic rings. The largest absolute Gasteiger partial charge is 0.352 e. The second-order valence-corrected chi connectivity index (χ2v) is 5.99. The fraction of sp³-hybridized carbons (Fsp3) is 0.400. The number of nitrogens with one attached hydrogen (secondary N) is 2. The van der Waals surface area contributed by atoms with Crippen molar-refractivity contribution in [3.63, 3.8) is 0 Å². The van der Waals surface area contributed by atoms with Gasteiger partial charge >= 0.3 is 11.8 Å². The predicted octanol–water partition coefficient (Wildman–Crippen LogP) is 2.36. The fourth-order valence-corrected chi connectivity index (χ4v) is 3.30. The van der Waals surface area contributed by atoms with Crippen LogP contribution in [0.2, 0.25) is 0 Å². The number of carbonyl (C=O) groups is 1. The molecule has 1 aromatic rings. The summed E-state index contributed by atoms with van der Waals surface area (Å²) in [6, 6.07) is 1.53. The van der Waals surface area contributed by atoms with Gasteiger partial charge in [-0.15, -0.1) is 11.3 Å². The second kappa shape index (κ2) is 3.99. The number of guanidine groups is 1. The molecule has 2 rings (SSSR count). The summed E-state index contributed by atoms with van der Waals surface area (Å²) in [5, 5.41) is 11.6. The Morgan fingerprint density at radius 3 is 2.67 bits per heavy atom. The van der Waals surface area contributed by atoms with E-state index in [1.807, 2.05) is 0 Å². The SMILES string of the molecule is CN1C(=N)N[C@](C)(c2cc(Br)cs2)C(F)(F)C1=O. The molecule has 0 bridgehead atoms. The van der Waals surface area contributed by atoms with Crippen molar-refractivity contribution in [2.45, 2.75) is 18.4 Å². The molecule has 0 spiro atoms. The van der Waals surface area contributed by atoms with E-state index in [9.17, 15) is 13.6 Å². The van der Waals surface area contributed by atoms with Crippen LogP contribution in [0, 0.1) is 5.41 Å². The van der Waals surface area contributed by atoms with Crippen molar-refractivity contribution in [2.24, 2.45) is 0 Å². The number of amides is 1. The van der Waals surface area contributed by atoms with E-state index in [1.54, 1.807) is 5.38 Å². The molecule has 18 heavy (non-hydrogen) atoms. The van der Waals surface area contributed by atoms with E-state index in [0.717, 1.165) is 18.4 Å². The van der Waals surface area contributed by atoms with E-state index >= 15 is 0 Å². The third-order valence-corrected chi connectivity index (χ3v) is 4.88. The molecule has 1 atom stereocenters. The van der Waals surface area contributed by atoms with Crippen LogP contribution < -0.4 is 5.32 Å². The molecular weight excluding hydrogens is 328 g/mol. The van der Waals surface area contributed by atoms with Gasteiger partial charge in [0.05, 0.1) is 0 Å². The van der Waals surface area contributed by atoms with Crippen LogP contribution in [0.1, 0.15) is 11.8 Å². The van der Waals surface area contributed by atoms with Crippen LogP contribution in [0.5, 0.6) is 0 Å². The molecule has 1 amide bonds. The first-order valence-electron chi connectivity index (χ1n) is 4.97. The summed E-state index contributed by atoms with van der Waals surface area (Å²) in [7, 11) is 1.15. The normalized spacial score (nSPS) is 27.3. The molecule has 0 aromatic carbocycles. The molecule has 4 nitrogen and oxygen atoms in total. The quantitative estimate of drug-likeness (QED) is 0.826. The highest BCUT2D eigenvalue weighted by molar-refractivity contribution is 9.10. The monoisotopic (exact) mass is 337 g/mol. The Morgan fingerprint density at radius 2 is 2.17 bits per heavy atom. The van der Waals surface area contributed by atoms with Crippen molar-refractivity contribution < 1.29 is 13.6 Å². The first kappa shape index (κ1) is 13.4. The highest BCUT2D eigenvalue weighted by Crippen LogP contribution is 2.44. The van der Waals surface area contributed by atoms with E-state index < -0.39 is 17.4 Å². The number of hydrogen-bond acceptors (Lipinski definition) is 3. The highest BCUT2D eigenvalue weighted by atomic mass is 79.9. The minimum absolute atomic E-state index is 0.297. The highest BCUT2D eigenvalue weighted by Gasteiger charge is 2.63. The zero-order chi connectivity index (χ0) is 13.7. The van der Waals surface area contributed by atoms with Crippen LogP contribution in [0.15, 0.2) is 15.9 Å². The fourth-order valence-electron chi connectivity index (χ4n) is 1.72. The molecule has 0 radical (unpaired) electrons. The van der Waals surface area contributed by atoms with Gasteiger partial charge in [0.2, 0.25) is 0 Å². The van der Waals surface area contributed by atoms with Gasteiger partial charge in [0.25, 0.3) is 0 Å². The molecule has 1 fully saturated rings. The minimum atomic E-state index is -3.61. The lowest BCUT2D eigenvalue weighted by atomic mass is 9.89. The van der Waals surface area contributed by atoms with Crippen LogP contribution in [-0.2, 0) is 10.3 Å². The van der Waals surface area contributed by atoms with Crippen molar-refractivity contribution >= 4 is 39.1 Å². The second-order valence-electron chi connectivity index (χ2n) is 4.17. The molecule has 0 aliphatic carbocycles. The van der Waals surface area contributed by atoms with E-state index in [4.69, 9.17) is 5.41 Å². The summed E-state index contributed by atoms with van der Waals surface area (Å²) >= 11 is 4.30. The number of carbonyl (C=O) groups excluding carboxylic acids is 1. The first-order valence-corrected chi connectivity index (χ1v) is 6.64. The number of thiophene rings is 1. The third kappa shape index (κ3) is 1.66. The van der Waals surface area contributed by atoms with Gasteiger partial charge in [-0.25, -0.2) is 0 Å². The minimum Gasteiger partial charge on any atom is -0.340 e. The summed E-state index contributed by atoms with van der Waals surface area (Å²) in [5.74, 6) is -5.33. The molecule has 98 valence electrons. The number of hydrogen-bond donors (Lipinski definition) is 2. The smallest absolute Gasteiger partial charge is 0.340 e. The number of rotatable bonds is 1. The van der Waals surface area contributed by atoms with Crippen molar-refractivity contribution in [3.8, 4) is 0 Å². The summed E-state index contributed by atoms with van der Waals surface area (Å²) in [4.78, 5) is 12.6. The van der Waals surface area contributed by atoms with Crippen LogP contribution in [0.4, 0.5) is 8.78 Å². The van der Waals surface area contributed by atoms with Crippen molar-refractivity contribution in [1.82, 2.24) is 10.2 Å². The zero-order valence-electron chi connectivity index (χ0n) is 9.55. The Balaban J connectivity index is 2.54. The Kier molecular flexibility index (Phi) is 2.97. The summed E-state index contributed by atoms with van der Waals surface area (Å²) in [6.45, 7) is 1.23. The van der Waals surface area contributed by atoms with E-state index in [2.05, 4.69) is 21.2 Å². The van der Waals surface area contributed by atoms with Gasteiger partial charge in [0, 0.05) is 21.8 Å². The van der Waals surface area contributed by atoms with Crippen molar-refractivity contribution in [2.75, 3.05) is 7.05 Å². The lowest BCUT2D eigenvalue weighted by Crippen LogP contribution is -2.70. The van der Waals surface area contributed by atoms with Gasteiger partial charge in [-0.1, -0.05) is 0 Å². The number of halogens is 3. The summed E-state index contributed by atoms with van der Waals surface area (Å²) < 4.78 is 29.1. The topological polar surface area (TPSA) is 56.2 Å². The van der Waals surface area contributed by atoms with Gasteiger partial charge in [0.15, 0.2) is 5.96 Å². The average Bonchev–Trinajstić information content (AvgIpc) is 2.72.